The molecule has 0 aliphatic heterocycles. The minimum absolute atomic E-state index is 0.0847. The van der Waals surface area contributed by atoms with Crippen LogP contribution in [0.2, 0.25) is 0 Å². The third-order valence-corrected chi connectivity index (χ3v) is 11.6. The summed E-state index contributed by atoms with van der Waals surface area (Å²) in [6.07, 6.45) is 19.2. The van der Waals surface area contributed by atoms with Crippen LogP contribution in [0.25, 0.3) is 0 Å². The summed E-state index contributed by atoms with van der Waals surface area (Å²) in [5.41, 5.74) is 0.402. The van der Waals surface area contributed by atoms with Gasteiger partial charge in [0, 0.05) is 0 Å². The van der Waals surface area contributed by atoms with E-state index in [4.69, 9.17) is 51.6 Å². The van der Waals surface area contributed by atoms with Crippen molar-refractivity contribution in [2.24, 2.45) is 0 Å². The fourth-order valence-corrected chi connectivity index (χ4v) is 7.39. The van der Waals surface area contributed by atoms with E-state index >= 15 is 0 Å². The van der Waals surface area contributed by atoms with Crippen molar-refractivity contribution in [3.63, 3.8) is 0 Å². The minimum atomic E-state index is -1.19. The van der Waals surface area contributed by atoms with E-state index in [-0.39, 0.29) is 33.8 Å². The van der Waals surface area contributed by atoms with Crippen molar-refractivity contribution >= 4 is 58.6 Å². The van der Waals surface area contributed by atoms with Crippen LogP contribution in [-0.2, 0) is 19.1 Å². The number of rotatable bonds is 28. The molecule has 1 aliphatic rings. The Labute approximate surface area is 407 Å². The van der Waals surface area contributed by atoms with E-state index in [0.717, 1.165) is 25.7 Å². The molecule has 68 heavy (non-hydrogen) atoms. The Bertz CT molecular complexity index is 2220. The molecule has 0 spiro atoms. The molecular formula is C54H58Cl2O12. The number of esters is 4. The minimum Gasteiger partial charge on any atom is -0.494 e. The first kappa shape index (κ1) is 52.7. The van der Waals surface area contributed by atoms with Crippen molar-refractivity contribution in [1.82, 2.24) is 0 Å². The molecule has 0 unspecified atom stereocenters. The lowest BCUT2D eigenvalue weighted by atomic mass is 10.1. The van der Waals surface area contributed by atoms with Crippen LogP contribution in [0, 0.1) is 0 Å². The molecule has 4 aromatic carbocycles. The first-order valence-electron chi connectivity index (χ1n) is 23.4. The van der Waals surface area contributed by atoms with E-state index in [0.29, 0.717) is 24.7 Å². The number of unbranched alkanes of at least 4 members (excludes halogenated alkanes) is 14. The van der Waals surface area contributed by atoms with Crippen LogP contribution < -0.4 is 18.9 Å². The molecule has 0 atom stereocenters. The zero-order valence-electron chi connectivity index (χ0n) is 38.6. The van der Waals surface area contributed by atoms with Crippen LogP contribution in [-0.4, -0.2) is 48.7 Å². The first-order chi connectivity index (χ1) is 33.0. The monoisotopic (exact) mass is 968 g/mol. The lowest BCUT2D eigenvalue weighted by Gasteiger charge is -2.17. The number of hydrogen-bond acceptors (Lipinski definition) is 12. The number of ether oxygens (including phenoxy) is 6. The van der Waals surface area contributed by atoms with Gasteiger partial charge in [-0.25, -0.2) is 19.2 Å². The van der Waals surface area contributed by atoms with E-state index < -0.39 is 57.0 Å². The van der Waals surface area contributed by atoms with Crippen LogP contribution in [0.15, 0.2) is 119 Å². The molecule has 0 heterocycles. The highest BCUT2D eigenvalue weighted by molar-refractivity contribution is 6.55. The van der Waals surface area contributed by atoms with Crippen molar-refractivity contribution in [3.05, 3.63) is 141 Å². The predicted molar refractivity (Wildman–Crippen MR) is 258 cm³/mol. The van der Waals surface area contributed by atoms with Gasteiger partial charge in [0.2, 0.25) is 23.1 Å². The maximum atomic E-state index is 13.2. The van der Waals surface area contributed by atoms with E-state index in [9.17, 15) is 28.8 Å². The Morgan fingerprint density at radius 2 is 0.603 bits per heavy atom. The smallest absolute Gasteiger partial charge is 0.343 e. The molecule has 0 N–H and O–H groups in total. The second-order valence-corrected chi connectivity index (χ2v) is 17.0. The van der Waals surface area contributed by atoms with Crippen LogP contribution >= 0.6 is 23.2 Å². The fraction of sp³-hybridized carbons (Fsp3) is 0.370. The first-order valence-corrected chi connectivity index (χ1v) is 24.2. The van der Waals surface area contributed by atoms with Gasteiger partial charge in [-0.1, -0.05) is 127 Å². The molecule has 1 aliphatic carbocycles. The van der Waals surface area contributed by atoms with Gasteiger partial charge >= 0.3 is 23.9 Å². The molecule has 0 bridgehead atoms. The molecule has 4 aromatic rings. The van der Waals surface area contributed by atoms with Crippen molar-refractivity contribution in [2.75, 3.05) is 13.2 Å². The number of carbonyl (C=O) groups is 6. The molecule has 0 aromatic heterocycles. The average Bonchev–Trinajstić information content (AvgIpc) is 3.35. The summed E-state index contributed by atoms with van der Waals surface area (Å²) in [6.45, 7) is 5.60. The summed E-state index contributed by atoms with van der Waals surface area (Å²) in [5.74, 6) is -6.04. The van der Waals surface area contributed by atoms with Crippen molar-refractivity contribution < 1.29 is 57.2 Å². The largest absolute Gasteiger partial charge is 0.494 e. The molecule has 0 saturated carbocycles. The Morgan fingerprint density at radius 1 is 0.353 bits per heavy atom. The number of carbonyl (C=O) groups excluding carboxylic acids is 6. The van der Waals surface area contributed by atoms with Crippen molar-refractivity contribution in [1.29, 1.82) is 0 Å². The molecule has 12 nitrogen and oxygen atoms in total. The van der Waals surface area contributed by atoms with Gasteiger partial charge in [0.05, 0.1) is 35.5 Å². The second kappa shape index (κ2) is 28.2. The Morgan fingerprint density at radius 3 is 0.897 bits per heavy atom. The van der Waals surface area contributed by atoms with Gasteiger partial charge in [0.1, 0.15) is 33.1 Å². The number of hydrogen-bond donors (Lipinski definition) is 0. The maximum Gasteiger partial charge on any atom is 0.343 e. The molecule has 0 fully saturated rings. The third-order valence-electron chi connectivity index (χ3n) is 10.9. The highest BCUT2D eigenvalue weighted by Crippen LogP contribution is 2.32. The zero-order chi connectivity index (χ0) is 48.7. The summed E-state index contributed by atoms with van der Waals surface area (Å²) >= 11 is 12.3. The van der Waals surface area contributed by atoms with Crippen molar-refractivity contribution in [2.45, 2.75) is 117 Å². The normalized spacial score (nSPS) is 12.5. The maximum absolute atomic E-state index is 13.2. The number of allylic oxidation sites excluding steroid dienone is 2. The molecule has 0 amide bonds. The Hall–Kier alpha value is -6.24. The molecule has 14 heteroatoms. The summed E-state index contributed by atoms with van der Waals surface area (Å²) in [4.78, 5) is 77.9. The van der Waals surface area contributed by atoms with Gasteiger partial charge < -0.3 is 28.4 Å². The zero-order valence-corrected chi connectivity index (χ0v) is 40.1. The van der Waals surface area contributed by atoms with E-state index in [2.05, 4.69) is 13.8 Å². The van der Waals surface area contributed by atoms with Crippen molar-refractivity contribution in [3.8, 4) is 23.0 Å². The van der Waals surface area contributed by atoms with Crippen LogP contribution in [0.5, 0.6) is 23.0 Å². The second-order valence-electron chi connectivity index (χ2n) is 16.2. The van der Waals surface area contributed by atoms with Gasteiger partial charge in [0.25, 0.3) is 0 Å². The molecule has 5 rings (SSSR count). The van der Waals surface area contributed by atoms with Gasteiger partial charge in [0.15, 0.2) is 0 Å². The SMILES string of the molecule is CCCCCCCCCCOc1ccc(C(=O)Oc2ccc(C(=O)OC3=C(Cl)C(=O)C(OC(=O)c4ccc(OC(=O)c5ccc(OCCCCCCCCCC)cc5)cc4)=C(Cl)C3=O)cc2)cc1. The summed E-state index contributed by atoms with van der Waals surface area (Å²) in [5, 5.41) is -1.70. The summed E-state index contributed by atoms with van der Waals surface area (Å²) in [7, 11) is 0. The highest BCUT2D eigenvalue weighted by Gasteiger charge is 2.38. The van der Waals surface area contributed by atoms with Crippen LogP contribution in [0.1, 0.15) is 158 Å². The average molecular weight is 970 g/mol. The lowest BCUT2D eigenvalue weighted by Crippen LogP contribution is -2.26. The van der Waals surface area contributed by atoms with E-state index in [1.54, 1.807) is 48.5 Å². The van der Waals surface area contributed by atoms with Gasteiger partial charge in [-0.05, 0) is 110 Å². The Kier molecular flexibility index (Phi) is 21.8. The molecule has 360 valence electrons. The predicted octanol–water partition coefficient (Wildman–Crippen LogP) is 13.2. The van der Waals surface area contributed by atoms with Gasteiger partial charge in [-0.2, -0.15) is 0 Å². The summed E-state index contributed by atoms with van der Waals surface area (Å²) < 4.78 is 32.9. The topological polar surface area (TPSA) is 158 Å². The van der Waals surface area contributed by atoms with Crippen LogP contribution in [0.3, 0.4) is 0 Å². The molecule has 0 saturated heterocycles. The standard InChI is InChI=1S/C54H58Cl2O12/c1-3-5-7-9-11-13-15-17-35-63-41-27-19-37(20-28-41)51(59)65-43-31-23-39(24-32-43)53(61)67-49-45(55)48(58)50(46(56)47(49)57)68-54(62)40-25-33-44(34-26-40)66-52(60)38-21-29-42(30-22-38)64-36-18-16-14-12-10-8-6-4-2/h19-34H,3-18,35-36H2,1-2H3. The van der Waals surface area contributed by atoms with Gasteiger partial charge in [-0.15, -0.1) is 0 Å². The Balaban J connectivity index is 1.05. The fourth-order valence-electron chi connectivity index (χ4n) is 6.97. The number of benzene rings is 4. The number of ketones is 2. The molecule has 0 radical (unpaired) electrons. The number of Topliss-reactive ketones (excluding diaryl/α,β-unsaturated/α-hetero) is 2. The van der Waals surface area contributed by atoms with Gasteiger partial charge in [-0.3, -0.25) is 9.59 Å². The lowest BCUT2D eigenvalue weighted by molar-refractivity contribution is -0.119. The molecular weight excluding hydrogens is 911 g/mol. The summed E-state index contributed by atoms with van der Waals surface area (Å²) in [6, 6.07) is 23.6. The van der Waals surface area contributed by atoms with Crippen LogP contribution in [0.4, 0.5) is 0 Å². The van der Waals surface area contributed by atoms with E-state index in [1.807, 2.05) is 0 Å². The van der Waals surface area contributed by atoms with E-state index in [1.165, 1.54) is 126 Å². The third kappa shape index (κ3) is 16.5. The number of halogens is 2. The highest BCUT2D eigenvalue weighted by atomic mass is 35.5. The quantitative estimate of drug-likeness (QED) is 0.0230.